The SMILES string of the molecule is COC(=O)[C@H](CSC/C=C(\C)CC/C=C(/C)CCC=C(C)C)NC(=O)[C@H](C)NC(=O)OCC1c2ccccc2-c2ccccc21. The van der Waals surface area contributed by atoms with Crippen LogP contribution in [0.4, 0.5) is 4.79 Å². The van der Waals surface area contributed by atoms with Crippen LogP contribution in [0.3, 0.4) is 0 Å². The van der Waals surface area contributed by atoms with Crippen molar-refractivity contribution in [2.24, 2.45) is 0 Å². The Hall–Kier alpha value is -3.78. The quantitative estimate of drug-likeness (QED) is 0.112. The summed E-state index contributed by atoms with van der Waals surface area (Å²) in [6, 6.07) is 14.5. The number of methoxy groups -OCH3 is 1. The Morgan fingerprint density at radius 1 is 0.844 bits per heavy atom. The molecule has 0 radical (unpaired) electrons. The minimum absolute atomic E-state index is 0.0797. The van der Waals surface area contributed by atoms with Gasteiger partial charge in [0.2, 0.25) is 5.91 Å². The number of amides is 2. The van der Waals surface area contributed by atoms with Gasteiger partial charge in [0.15, 0.2) is 0 Å². The topological polar surface area (TPSA) is 93.7 Å². The van der Waals surface area contributed by atoms with E-state index in [1.54, 1.807) is 6.92 Å². The lowest BCUT2D eigenvalue weighted by Gasteiger charge is -2.20. The summed E-state index contributed by atoms with van der Waals surface area (Å²) in [4.78, 5) is 37.9. The first-order chi connectivity index (χ1) is 21.6. The van der Waals surface area contributed by atoms with E-state index in [9.17, 15) is 14.4 Å². The zero-order valence-electron chi connectivity index (χ0n) is 27.5. The maximum Gasteiger partial charge on any atom is 0.407 e. The molecule has 2 amide bonds. The van der Waals surface area contributed by atoms with Gasteiger partial charge < -0.3 is 20.1 Å². The number of carbonyl (C=O) groups is 3. The molecule has 242 valence electrons. The molecule has 45 heavy (non-hydrogen) atoms. The molecule has 1 aliphatic rings. The molecule has 0 unspecified atom stereocenters. The number of esters is 1. The lowest BCUT2D eigenvalue weighted by atomic mass is 9.98. The number of ether oxygens (including phenoxy) is 2. The van der Waals surface area contributed by atoms with Crippen molar-refractivity contribution in [2.45, 2.75) is 78.3 Å². The first kappa shape index (κ1) is 35.7. The molecule has 0 fully saturated rings. The average molecular weight is 633 g/mol. The van der Waals surface area contributed by atoms with Crippen molar-refractivity contribution in [2.75, 3.05) is 25.2 Å². The molecule has 8 heteroatoms. The van der Waals surface area contributed by atoms with Gasteiger partial charge in [-0.05, 0) is 82.6 Å². The number of thioether (sulfide) groups is 1. The number of allylic oxidation sites excluding steroid dienone is 5. The van der Waals surface area contributed by atoms with Crippen molar-refractivity contribution < 1.29 is 23.9 Å². The summed E-state index contributed by atoms with van der Waals surface area (Å²) in [6.45, 7) is 10.3. The summed E-state index contributed by atoms with van der Waals surface area (Å²) in [5.41, 5.74) is 8.55. The van der Waals surface area contributed by atoms with E-state index in [0.29, 0.717) is 11.5 Å². The van der Waals surface area contributed by atoms with Crippen LogP contribution in [0.25, 0.3) is 11.1 Å². The van der Waals surface area contributed by atoms with Crippen LogP contribution in [0.15, 0.2) is 83.5 Å². The second-order valence-corrected chi connectivity index (χ2v) is 12.8. The summed E-state index contributed by atoms with van der Waals surface area (Å²) in [7, 11) is 1.30. The van der Waals surface area contributed by atoms with E-state index >= 15 is 0 Å². The zero-order chi connectivity index (χ0) is 32.8. The molecule has 0 heterocycles. The summed E-state index contributed by atoms with van der Waals surface area (Å²) in [5.74, 6) is -0.0321. The molecule has 0 saturated carbocycles. The predicted octanol–water partition coefficient (Wildman–Crippen LogP) is 7.72. The molecule has 3 rings (SSSR count). The molecule has 1 aliphatic carbocycles. The van der Waals surface area contributed by atoms with E-state index in [1.807, 2.05) is 36.4 Å². The van der Waals surface area contributed by atoms with Crippen LogP contribution in [0.1, 0.15) is 77.3 Å². The van der Waals surface area contributed by atoms with Gasteiger partial charge in [-0.15, -0.1) is 0 Å². The maximum absolute atomic E-state index is 12.9. The third-order valence-electron chi connectivity index (χ3n) is 7.83. The van der Waals surface area contributed by atoms with E-state index in [-0.39, 0.29) is 12.5 Å². The van der Waals surface area contributed by atoms with Crippen LogP contribution in [0, 0.1) is 0 Å². The van der Waals surface area contributed by atoms with Gasteiger partial charge in [0.05, 0.1) is 7.11 Å². The number of fused-ring (bicyclic) bond motifs is 3. The maximum atomic E-state index is 12.9. The number of alkyl carbamates (subject to hydrolysis) is 1. The van der Waals surface area contributed by atoms with Gasteiger partial charge in [-0.2, -0.15) is 11.8 Å². The van der Waals surface area contributed by atoms with Crippen molar-refractivity contribution in [1.29, 1.82) is 0 Å². The van der Waals surface area contributed by atoms with Gasteiger partial charge in [-0.3, -0.25) is 4.79 Å². The monoisotopic (exact) mass is 632 g/mol. The summed E-state index contributed by atoms with van der Waals surface area (Å²) < 4.78 is 10.5. The molecule has 0 saturated heterocycles. The molecule has 0 aromatic heterocycles. The lowest BCUT2D eigenvalue weighted by molar-refractivity contribution is -0.144. The third-order valence-corrected chi connectivity index (χ3v) is 8.80. The summed E-state index contributed by atoms with van der Waals surface area (Å²) in [5, 5.41) is 5.31. The van der Waals surface area contributed by atoms with Crippen molar-refractivity contribution in [3.05, 3.63) is 94.6 Å². The highest BCUT2D eigenvalue weighted by Gasteiger charge is 2.30. The summed E-state index contributed by atoms with van der Waals surface area (Å²) >= 11 is 1.54. The second kappa shape index (κ2) is 18.3. The molecular formula is C37H48N2O5S. The Morgan fingerprint density at radius 2 is 1.42 bits per heavy atom. The largest absolute Gasteiger partial charge is 0.467 e. The van der Waals surface area contributed by atoms with Crippen LogP contribution in [0.2, 0.25) is 0 Å². The van der Waals surface area contributed by atoms with Gasteiger partial charge in [0, 0.05) is 17.4 Å². The Morgan fingerprint density at radius 3 is 2.02 bits per heavy atom. The normalized spacial score (nSPS) is 14.1. The minimum Gasteiger partial charge on any atom is -0.467 e. The molecule has 2 atom stereocenters. The number of nitrogens with one attached hydrogen (secondary N) is 2. The smallest absolute Gasteiger partial charge is 0.407 e. The van der Waals surface area contributed by atoms with Crippen molar-refractivity contribution >= 4 is 29.7 Å². The fraction of sp³-hybridized carbons (Fsp3) is 0.432. The van der Waals surface area contributed by atoms with Crippen LogP contribution in [-0.2, 0) is 19.1 Å². The Bertz CT molecular complexity index is 1360. The second-order valence-electron chi connectivity index (χ2n) is 11.8. The Balaban J connectivity index is 1.43. The number of carbonyl (C=O) groups excluding carboxylic acids is 3. The van der Waals surface area contributed by atoms with E-state index < -0.39 is 30.1 Å². The first-order valence-electron chi connectivity index (χ1n) is 15.6. The van der Waals surface area contributed by atoms with Gasteiger partial charge in [0.1, 0.15) is 18.7 Å². The zero-order valence-corrected chi connectivity index (χ0v) is 28.3. The van der Waals surface area contributed by atoms with Gasteiger partial charge in [-0.25, -0.2) is 9.59 Å². The Labute approximate surface area is 272 Å². The minimum atomic E-state index is -0.904. The van der Waals surface area contributed by atoms with Gasteiger partial charge >= 0.3 is 12.1 Å². The highest BCUT2D eigenvalue weighted by Crippen LogP contribution is 2.44. The fourth-order valence-electron chi connectivity index (χ4n) is 5.22. The van der Waals surface area contributed by atoms with Gasteiger partial charge in [0.25, 0.3) is 0 Å². The fourth-order valence-corrected chi connectivity index (χ4v) is 6.21. The number of hydrogen-bond acceptors (Lipinski definition) is 6. The van der Waals surface area contributed by atoms with Crippen molar-refractivity contribution in [1.82, 2.24) is 10.6 Å². The third kappa shape index (κ3) is 11.3. The Kier molecular flexibility index (Phi) is 14.5. The molecule has 0 bridgehead atoms. The standard InChI is InChI=1S/C37H48N2O5S/c1-25(2)13-11-14-26(3)15-12-16-27(4)21-22-45-24-34(36(41)43-6)39-35(40)28(5)38-37(42)44-23-33-31-19-9-7-17-29(31)30-18-8-10-20-32(30)33/h7-10,13,15,17-21,28,33-34H,11-12,14,16,22-24H2,1-6H3,(H,38,42)(H,39,40)/b26-15-,27-21+/t28-,34-/m0/s1. The number of benzene rings is 2. The highest BCUT2D eigenvalue weighted by molar-refractivity contribution is 7.99. The van der Waals surface area contributed by atoms with Crippen LogP contribution in [-0.4, -0.2) is 55.3 Å². The van der Waals surface area contributed by atoms with Crippen LogP contribution < -0.4 is 10.6 Å². The highest BCUT2D eigenvalue weighted by atomic mass is 32.2. The lowest BCUT2D eigenvalue weighted by Crippen LogP contribution is -2.51. The van der Waals surface area contributed by atoms with E-state index in [0.717, 1.165) is 47.9 Å². The molecule has 0 spiro atoms. The number of rotatable bonds is 16. The average Bonchev–Trinajstić information content (AvgIpc) is 3.34. The first-order valence-corrected chi connectivity index (χ1v) is 16.8. The van der Waals surface area contributed by atoms with E-state index in [1.165, 1.54) is 35.6 Å². The van der Waals surface area contributed by atoms with Crippen LogP contribution >= 0.6 is 11.8 Å². The molecule has 2 aromatic rings. The molecule has 7 nitrogen and oxygen atoms in total. The van der Waals surface area contributed by atoms with Crippen LogP contribution in [0.5, 0.6) is 0 Å². The summed E-state index contributed by atoms with van der Waals surface area (Å²) in [6.07, 6.45) is 10.2. The van der Waals surface area contributed by atoms with E-state index in [2.05, 4.69) is 68.7 Å². The van der Waals surface area contributed by atoms with Crippen molar-refractivity contribution in [3.8, 4) is 11.1 Å². The number of hydrogen-bond donors (Lipinski definition) is 2. The van der Waals surface area contributed by atoms with E-state index in [4.69, 9.17) is 9.47 Å². The molecule has 2 N–H and O–H groups in total. The molecular weight excluding hydrogens is 584 g/mol. The predicted molar refractivity (Wildman–Crippen MR) is 184 cm³/mol. The van der Waals surface area contributed by atoms with Crippen molar-refractivity contribution in [3.63, 3.8) is 0 Å². The molecule has 0 aliphatic heterocycles. The molecule has 2 aromatic carbocycles. The van der Waals surface area contributed by atoms with Gasteiger partial charge in [-0.1, -0.05) is 83.5 Å².